The number of ether oxygens (including phenoxy) is 1. The van der Waals surface area contributed by atoms with E-state index in [-0.39, 0.29) is 17.0 Å². The van der Waals surface area contributed by atoms with Crippen LogP contribution in [-0.4, -0.2) is 28.3 Å². The summed E-state index contributed by atoms with van der Waals surface area (Å²) in [5.74, 6) is 0.0839. The number of piperidine rings is 1. The molecule has 2 aliphatic rings. The molecule has 4 heteroatoms. The first-order valence-corrected chi connectivity index (χ1v) is 10.3. The van der Waals surface area contributed by atoms with E-state index >= 15 is 0 Å². The van der Waals surface area contributed by atoms with Gasteiger partial charge in [-0.1, -0.05) is 45.4 Å². The average Bonchev–Trinajstić information content (AvgIpc) is 2.64. The van der Waals surface area contributed by atoms with Gasteiger partial charge in [0.05, 0.1) is 0 Å². The molecule has 2 saturated heterocycles. The van der Waals surface area contributed by atoms with Crippen molar-refractivity contribution >= 4 is 5.91 Å². The van der Waals surface area contributed by atoms with Gasteiger partial charge in [0.25, 0.3) is 5.91 Å². The zero-order valence-electron chi connectivity index (χ0n) is 17.4. The first-order valence-electron chi connectivity index (χ1n) is 10.3. The quantitative estimate of drug-likeness (QED) is 0.624. The van der Waals surface area contributed by atoms with Gasteiger partial charge in [0.2, 0.25) is 0 Å². The third-order valence-corrected chi connectivity index (χ3v) is 5.60. The van der Waals surface area contributed by atoms with Gasteiger partial charge in [-0.25, -0.2) is 0 Å². The number of nitrogens with one attached hydrogen (secondary N) is 2. The van der Waals surface area contributed by atoms with Gasteiger partial charge in [0.1, 0.15) is 5.72 Å². The summed E-state index contributed by atoms with van der Waals surface area (Å²) >= 11 is 0. The highest BCUT2D eigenvalue weighted by Gasteiger charge is 2.59. The molecule has 25 heavy (non-hydrogen) atoms. The molecule has 0 saturated carbocycles. The number of unbranched alkanes of at least 4 members (excludes halogenated alkanes) is 6. The summed E-state index contributed by atoms with van der Waals surface area (Å²) in [6.07, 6.45) is 11.3. The van der Waals surface area contributed by atoms with Crippen molar-refractivity contribution in [2.24, 2.45) is 0 Å². The van der Waals surface area contributed by atoms with E-state index in [2.05, 4.69) is 52.2 Å². The Labute approximate surface area is 154 Å². The molecule has 2 fully saturated rings. The van der Waals surface area contributed by atoms with E-state index in [4.69, 9.17) is 4.74 Å². The minimum Gasteiger partial charge on any atom is -0.340 e. The van der Waals surface area contributed by atoms with Crippen LogP contribution in [0.25, 0.3) is 0 Å². The third kappa shape index (κ3) is 5.43. The Kier molecular flexibility index (Phi) is 6.26. The van der Waals surface area contributed by atoms with E-state index in [1.807, 2.05) is 0 Å². The molecule has 0 bridgehead atoms. The Hall–Kier alpha value is -0.610. The van der Waals surface area contributed by atoms with E-state index in [9.17, 15) is 4.79 Å². The summed E-state index contributed by atoms with van der Waals surface area (Å²) in [5.41, 5.74) is -1.41. The predicted molar refractivity (Wildman–Crippen MR) is 104 cm³/mol. The summed E-state index contributed by atoms with van der Waals surface area (Å²) in [4.78, 5) is 12.9. The lowest BCUT2D eigenvalue weighted by Crippen LogP contribution is -2.65. The van der Waals surface area contributed by atoms with E-state index in [0.717, 1.165) is 25.7 Å². The van der Waals surface area contributed by atoms with Crippen LogP contribution in [0.2, 0.25) is 0 Å². The zero-order chi connectivity index (χ0) is 18.8. The first-order chi connectivity index (χ1) is 11.5. The molecular weight excluding hydrogens is 312 g/mol. The minimum absolute atomic E-state index is 0.0839. The van der Waals surface area contributed by atoms with Crippen LogP contribution in [-0.2, 0) is 9.53 Å². The Morgan fingerprint density at radius 1 is 0.880 bits per heavy atom. The molecule has 1 unspecified atom stereocenters. The van der Waals surface area contributed by atoms with Crippen LogP contribution in [0.3, 0.4) is 0 Å². The van der Waals surface area contributed by atoms with Gasteiger partial charge in [0, 0.05) is 23.9 Å². The molecular formula is C21H40N2O2. The summed E-state index contributed by atoms with van der Waals surface area (Å²) < 4.78 is 6.51. The molecule has 1 spiro atoms. The number of hydrogen-bond donors (Lipinski definition) is 2. The van der Waals surface area contributed by atoms with Crippen LogP contribution in [0.5, 0.6) is 0 Å². The predicted octanol–water partition coefficient (Wildman–Crippen LogP) is 4.67. The largest absolute Gasteiger partial charge is 0.340 e. The highest BCUT2D eigenvalue weighted by Crippen LogP contribution is 2.44. The molecule has 2 rings (SSSR count). The molecule has 1 atom stereocenters. The van der Waals surface area contributed by atoms with E-state index in [1.54, 1.807) is 0 Å². The van der Waals surface area contributed by atoms with Crippen LogP contribution in [0, 0.1) is 0 Å². The Morgan fingerprint density at radius 3 is 1.96 bits per heavy atom. The highest BCUT2D eigenvalue weighted by molar-refractivity contribution is 5.88. The normalized spacial score (nSPS) is 29.8. The maximum absolute atomic E-state index is 12.9. The number of carbonyl (C=O) groups is 1. The standard InChI is InChI=1S/C21H40N2O2/c1-7-8-9-10-11-12-13-14-20(6)22-17(24)21(25-20)15-18(2,3)23-19(4,5)16-21/h23H,7-16H2,1-6H3,(H,22,24). The fourth-order valence-electron chi connectivity index (χ4n) is 5.12. The van der Waals surface area contributed by atoms with Gasteiger partial charge >= 0.3 is 0 Å². The second-order valence-electron chi connectivity index (χ2n) is 9.90. The summed E-state index contributed by atoms with van der Waals surface area (Å²) in [6.45, 7) is 13.0. The van der Waals surface area contributed by atoms with E-state index in [0.29, 0.717) is 0 Å². The lowest BCUT2D eigenvalue weighted by atomic mass is 9.72. The van der Waals surface area contributed by atoms with Crippen molar-refractivity contribution in [3.05, 3.63) is 0 Å². The van der Waals surface area contributed by atoms with Crippen molar-refractivity contribution in [3.8, 4) is 0 Å². The number of amides is 1. The molecule has 2 N–H and O–H groups in total. The molecule has 0 aromatic rings. The van der Waals surface area contributed by atoms with Crippen molar-refractivity contribution in [3.63, 3.8) is 0 Å². The van der Waals surface area contributed by atoms with Crippen molar-refractivity contribution in [2.45, 2.75) is 128 Å². The third-order valence-electron chi connectivity index (χ3n) is 5.60. The maximum atomic E-state index is 12.9. The summed E-state index contributed by atoms with van der Waals surface area (Å²) in [7, 11) is 0. The van der Waals surface area contributed by atoms with Gasteiger partial charge in [-0.2, -0.15) is 0 Å². The number of hydrogen-bond acceptors (Lipinski definition) is 3. The van der Waals surface area contributed by atoms with Gasteiger partial charge in [0.15, 0.2) is 5.60 Å². The Bertz CT molecular complexity index is 457. The lowest BCUT2D eigenvalue weighted by Gasteiger charge is -2.50. The molecule has 2 heterocycles. The number of rotatable bonds is 8. The van der Waals surface area contributed by atoms with E-state index < -0.39 is 11.3 Å². The van der Waals surface area contributed by atoms with E-state index in [1.165, 1.54) is 38.5 Å². The molecule has 2 aliphatic heterocycles. The maximum Gasteiger partial charge on any atom is 0.254 e. The van der Waals surface area contributed by atoms with Gasteiger partial charge in [-0.15, -0.1) is 0 Å². The Balaban J connectivity index is 1.90. The minimum atomic E-state index is -0.686. The van der Waals surface area contributed by atoms with Crippen molar-refractivity contribution in [2.75, 3.05) is 0 Å². The zero-order valence-corrected chi connectivity index (χ0v) is 17.4. The second-order valence-corrected chi connectivity index (χ2v) is 9.90. The van der Waals surface area contributed by atoms with Gasteiger partial charge in [-0.05, 0) is 47.5 Å². The smallest absolute Gasteiger partial charge is 0.254 e. The van der Waals surface area contributed by atoms with Gasteiger partial charge in [-0.3, -0.25) is 4.79 Å². The SMILES string of the molecule is CCCCCCCCCC1(C)NC(=O)C2(CC(C)(C)NC(C)(C)C2)O1. The van der Waals surface area contributed by atoms with Crippen molar-refractivity contribution in [1.29, 1.82) is 0 Å². The van der Waals surface area contributed by atoms with Crippen molar-refractivity contribution < 1.29 is 9.53 Å². The molecule has 0 radical (unpaired) electrons. The monoisotopic (exact) mass is 352 g/mol. The van der Waals surface area contributed by atoms with Crippen molar-refractivity contribution in [1.82, 2.24) is 10.6 Å². The molecule has 1 amide bonds. The first kappa shape index (κ1) is 20.7. The fraction of sp³-hybridized carbons (Fsp3) is 0.952. The molecule has 0 aromatic carbocycles. The summed E-state index contributed by atoms with van der Waals surface area (Å²) in [6, 6.07) is 0. The summed E-state index contributed by atoms with van der Waals surface area (Å²) in [5, 5.41) is 6.84. The fourth-order valence-corrected chi connectivity index (χ4v) is 5.12. The number of carbonyl (C=O) groups excluding carboxylic acids is 1. The second kappa shape index (κ2) is 7.56. The lowest BCUT2D eigenvalue weighted by molar-refractivity contribution is -0.159. The van der Waals surface area contributed by atoms with Crippen LogP contribution in [0.15, 0.2) is 0 Å². The molecule has 4 nitrogen and oxygen atoms in total. The topological polar surface area (TPSA) is 50.4 Å². The average molecular weight is 353 g/mol. The molecule has 0 aliphatic carbocycles. The van der Waals surface area contributed by atoms with Crippen LogP contribution >= 0.6 is 0 Å². The van der Waals surface area contributed by atoms with Gasteiger partial charge < -0.3 is 15.4 Å². The highest BCUT2D eigenvalue weighted by atomic mass is 16.6. The Morgan fingerprint density at radius 2 is 1.40 bits per heavy atom. The molecule has 146 valence electrons. The van der Waals surface area contributed by atoms with Crippen LogP contribution in [0.1, 0.15) is 106 Å². The van der Waals surface area contributed by atoms with Crippen LogP contribution in [0.4, 0.5) is 0 Å². The van der Waals surface area contributed by atoms with Crippen LogP contribution < -0.4 is 10.6 Å². The molecule has 0 aromatic heterocycles.